The lowest BCUT2D eigenvalue weighted by atomic mass is 10.1. The van der Waals surface area contributed by atoms with Crippen LogP contribution in [0.5, 0.6) is 5.75 Å². The molecule has 0 aromatic heterocycles. The molecule has 3 nitrogen and oxygen atoms in total. The van der Waals surface area contributed by atoms with Crippen molar-refractivity contribution in [3.8, 4) is 5.75 Å². The van der Waals surface area contributed by atoms with Crippen molar-refractivity contribution in [2.75, 3.05) is 23.8 Å². The topological polar surface area (TPSA) is 38.5 Å². The van der Waals surface area contributed by atoms with E-state index >= 15 is 0 Å². The summed E-state index contributed by atoms with van der Waals surface area (Å²) in [4.78, 5) is 2.28. The zero-order valence-electron chi connectivity index (χ0n) is 11.8. The van der Waals surface area contributed by atoms with Crippen molar-refractivity contribution in [1.29, 1.82) is 0 Å². The van der Waals surface area contributed by atoms with Crippen LogP contribution in [0.3, 0.4) is 0 Å². The number of rotatable bonds is 5. The molecule has 2 rings (SSSR count). The number of halogens is 1. The van der Waals surface area contributed by atoms with Gasteiger partial charge in [-0.2, -0.15) is 0 Å². The highest BCUT2D eigenvalue weighted by atomic mass is 19.1. The van der Waals surface area contributed by atoms with E-state index in [1.165, 1.54) is 31.7 Å². The minimum absolute atomic E-state index is 0.295. The SMILES string of the molecule is CCOc1cc(N(CC)C2CCCC2)c(N)cc1F. The molecule has 0 amide bonds. The molecule has 0 bridgehead atoms. The van der Waals surface area contributed by atoms with Gasteiger partial charge in [-0.1, -0.05) is 12.8 Å². The quantitative estimate of drug-likeness (QED) is 0.828. The Labute approximate surface area is 114 Å². The molecule has 1 aliphatic carbocycles. The maximum atomic E-state index is 13.7. The van der Waals surface area contributed by atoms with Gasteiger partial charge in [0.25, 0.3) is 0 Å². The summed E-state index contributed by atoms with van der Waals surface area (Å²) in [5, 5.41) is 0. The molecule has 0 heterocycles. The molecule has 1 saturated carbocycles. The van der Waals surface area contributed by atoms with E-state index in [1.54, 1.807) is 6.07 Å². The Morgan fingerprint density at radius 2 is 2.00 bits per heavy atom. The fraction of sp³-hybridized carbons (Fsp3) is 0.600. The van der Waals surface area contributed by atoms with E-state index in [4.69, 9.17) is 10.5 Å². The van der Waals surface area contributed by atoms with Crippen molar-refractivity contribution in [3.05, 3.63) is 17.9 Å². The summed E-state index contributed by atoms with van der Waals surface area (Å²) in [6, 6.07) is 3.64. The van der Waals surface area contributed by atoms with Gasteiger partial charge in [0.2, 0.25) is 0 Å². The van der Waals surface area contributed by atoms with Crippen molar-refractivity contribution in [1.82, 2.24) is 0 Å². The second-order valence-electron chi connectivity index (χ2n) is 5.00. The van der Waals surface area contributed by atoms with E-state index in [2.05, 4.69) is 11.8 Å². The summed E-state index contributed by atoms with van der Waals surface area (Å²) in [6.45, 7) is 5.30. The van der Waals surface area contributed by atoms with E-state index in [9.17, 15) is 4.39 Å². The van der Waals surface area contributed by atoms with E-state index in [-0.39, 0.29) is 5.82 Å². The number of nitrogens with zero attached hydrogens (tertiary/aromatic N) is 1. The molecule has 1 aromatic rings. The molecule has 0 saturated heterocycles. The van der Waals surface area contributed by atoms with Crippen LogP contribution in [0, 0.1) is 5.82 Å². The van der Waals surface area contributed by atoms with Crippen LogP contribution in [-0.2, 0) is 0 Å². The molecule has 2 N–H and O–H groups in total. The molecule has 0 spiro atoms. The van der Waals surface area contributed by atoms with Crippen molar-refractivity contribution < 1.29 is 9.13 Å². The lowest BCUT2D eigenvalue weighted by Gasteiger charge is -2.31. The average Bonchev–Trinajstić information content (AvgIpc) is 2.89. The Hall–Kier alpha value is -1.45. The van der Waals surface area contributed by atoms with Crippen LogP contribution < -0.4 is 15.4 Å². The van der Waals surface area contributed by atoms with Crippen molar-refractivity contribution >= 4 is 11.4 Å². The lowest BCUT2D eigenvalue weighted by Crippen LogP contribution is -2.33. The summed E-state index contributed by atoms with van der Waals surface area (Å²) >= 11 is 0. The first-order valence-corrected chi connectivity index (χ1v) is 7.15. The molecule has 0 unspecified atom stereocenters. The third-order valence-corrected chi connectivity index (χ3v) is 3.80. The molecule has 0 atom stereocenters. The third-order valence-electron chi connectivity index (χ3n) is 3.80. The zero-order chi connectivity index (χ0) is 13.8. The van der Waals surface area contributed by atoms with Gasteiger partial charge < -0.3 is 15.4 Å². The fourth-order valence-corrected chi connectivity index (χ4v) is 2.91. The first-order chi connectivity index (χ1) is 9.17. The zero-order valence-corrected chi connectivity index (χ0v) is 11.8. The van der Waals surface area contributed by atoms with Gasteiger partial charge in [-0.25, -0.2) is 4.39 Å². The number of hydrogen-bond donors (Lipinski definition) is 1. The van der Waals surface area contributed by atoms with Gasteiger partial charge in [0, 0.05) is 24.7 Å². The fourth-order valence-electron chi connectivity index (χ4n) is 2.91. The summed E-state index contributed by atoms with van der Waals surface area (Å²) in [7, 11) is 0. The molecule has 0 radical (unpaired) electrons. The van der Waals surface area contributed by atoms with E-state index in [0.717, 1.165) is 12.2 Å². The first-order valence-electron chi connectivity index (χ1n) is 7.15. The average molecular weight is 266 g/mol. The molecule has 19 heavy (non-hydrogen) atoms. The minimum atomic E-state index is -0.384. The molecule has 1 aromatic carbocycles. The summed E-state index contributed by atoms with van der Waals surface area (Å²) in [5.41, 5.74) is 7.39. The molecule has 1 fully saturated rings. The van der Waals surface area contributed by atoms with Crippen LogP contribution in [0.15, 0.2) is 12.1 Å². The largest absolute Gasteiger partial charge is 0.491 e. The van der Waals surface area contributed by atoms with Gasteiger partial charge in [0.1, 0.15) is 0 Å². The molecule has 0 aliphatic heterocycles. The second kappa shape index (κ2) is 6.13. The van der Waals surface area contributed by atoms with Crippen molar-refractivity contribution in [2.24, 2.45) is 0 Å². The smallest absolute Gasteiger partial charge is 0.167 e. The van der Waals surface area contributed by atoms with Gasteiger partial charge in [-0.15, -0.1) is 0 Å². The maximum absolute atomic E-state index is 13.7. The van der Waals surface area contributed by atoms with E-state index < -0.39 is 0 Å². The highest BCUT2D eigenvalue weighted by molar-refractivity contribution is 5.70. The Balaban J connectivity index is 2.32. The molecule has 106 valence electrons. The van der Waals surface area contributed by atoms with Crippen molar-refractivity contribution in [2.45, 2.75) is 45.6 Å². The van der Waals surface area contributed by atoms with Gasteiger partial charge in [-0.3, -0.25) is 0 Å². The van der Waals surface area contributed by atoms with Crippen LogP contribution >= 0.6 is 0 Å². The number of nitrogens with two attached hydrogens (primary N) is 1. The lowest BCUT2D eigenvalue weighted by molar-refractivity contribution is 0.321. The predicted molar refractivity (Wildman–Crippen MR) is 77.3 cm³/mol. The third kappa shape index (κ3) is 2.94. The number of nitrogen functional groups attached to an aromatic ring is 1. The molecule has 1 aliphatic rings. The number of hydrogen-bond acceptors (Lipinski definition) is 3. The van der Waals surface area contributed by atoms with E-state index in [1.807, 2.05) is 6.92 Å². The number of anilines is 2. The molecular formula is C15H23FN2O. The van der Waals surface area contributed by atoms with Gasteiger partial charge in [0.15, 0.2) is 11.6 Å². The van der Waals surface area contributed by atoms with Crippen LogP contribution in [0.25, 0.3) is 0 Å². The van der Waals surface area contributed by atoms with Gasteiger partial charge >= 0.3 is 0 Å². The van der Waals surface area contributed by atoms with Gasteiger partial charge in [0.05, 0.1) is 18.0 Å². The predicted octanol–water partition coefficient (Wildman–Crippen LogP) is 3.58. The van der Waals surface area contributed by atoms with E-state index in [0.29, 0.717) is 24.1 Å². The maximum Gasteiger partial charge on any atom is 0.167 e. The summed E-state index contributed by atoms with van der Waals surface area (Å²) in [6.07, 6.45) is 4.91. The normalized spacial score (nSPS) is 15.7. The van der Waals surface area contributed by atoms with Crippen LogP contribution in [0.1, 0.15) is 39.5 Å². The first kappa shape index (κ1) is 14.0. The van der Waals surface area contributed by atoms with Gasteiger partial charge in [-0.05, 0) is 26.7 Å². The second-order valence-corrected chi connectivity index (χ2v) is 5.00. The molecular weight excluding hydrogens is 243 g/mol. The number of ether oxygens (including phenoxy) is 1. The van der Waals surface area contributed by atoms with Crippen LogP contribution in [-0.4, -0.2) is 19.2 Å². The minimum Gasteiger partial charge on any atom is -0.491 e. The molecule has 4 heteroatoms. The number of benzene rings is 1. The summed E-state index contributed by atoms with van der Waals surface area (Å²) < 4.78 is 19.1. The van der Waals surface area contributed by atoms with Crippen LogP contribution in [0.2, 0.25) is 0 Å². The highest BCUT2D eigenvalue weighted by Gasteiger charge is 2.24. The van der Waals surface area contributed by atoms with Crippen LogP contribution in [0.4, 0.5) is 15.8 Å². The Kier molecular flexibility index (Phi) is 4.51. The van der Waals surface area contributed by atoms with Crippen molar-refractivity contribution in [3.63, 3.8) is 0 Å². The Morgan fingerprint density at radius 3 is 2.58 bits per heavy atom. The Morgan fingerprint density at radius 1 is 1.32 bits per heavy atom. The summed E-state index contributed by atoms with van der Waals surface area (Å²) in [5.74, 6) is -0.0891. The highest BCUT2D eigenvalue weighted by Crippen LogP contribution is 2.35. The standard InChI is InChI=1S/C15H23FN2O/c1-3-18(11-7-5-6-8-11)14-10-15(19-4-2)12(16)9-13(14)17/h9-11H,3-8,17H2,1-2H3. The monoisotopic (exact) mass is 266 g/mol. The Bertz CT molecular complexity index is 430.